The number of aromatic nitrogens is 1. The molecule has 7 heteroatoms. The maximum atomic E-state index is 6.73. The van der Waals surface area contributed by atoms with Gasteiger partial charge in [-0.3, -0.25) is 0 Å². The Hall–Kier alpha value is -9.45. The molecule has 0 fully saturated rings. The van der Waals surface area contributed by atoms with Crippen molar-refractivity contribution in [3.8, 4) is 96.2 Å². The number of benzene rings is 11. The van der Waals surface area contributed by atoms with Crippen molar-refractivity contribution in [1.29, 1.82) is 0 Å². The largest absolute Gasteiger partial charge is 0.458 e. The maximum absolute atomic E-state index is 6.73. The summed E-state index contributed by atoms with van der Waals surface area (Å²) in [5.41, 5.74) is 21.4. The van der Waals surface area contributed by atoms with Gasteiger partial charge in [-0.1, -0.05) is 181 Å². The van der Waals surface area contributed by atoms with E-state index in [1.807, 2.05) is 0 Å². The number of para-hydroxylation sites is 5. The summed E-state index contributed by atoms with van der Waals surface area (Å²) in [6.07, 6.45) is 0. The van der Waals surface area contributed by atoms with Crippen LogP contribution in [0, 0.1) is 0 Å². The standard InChI is InChI=1S/C74H55B2NO4/c1-73(2,3)50-40-53(46-32-28-44(29-33-46)48-36-65-69-66(37-48)79-62-25-15-11-21-58(62)75(69)57-20-10-14-24-61(57)78-65)71-55(42-50)56-43-51(74(4,5)6)41-54(72(56)77(71)52-18-8-7-9-19-52)47-34-30-45(31-35-47)49-38-67-70-68(39-49)81-64-27-17-13-23-60(64)76(70)59-22-12-16-26-63(59)80-67/h7-43H,1-6H3. The molecular weight excluding hydrogens is 988 g/mol. The van der Waals surface area contributed by atoms with Crippen LogP contribution in [0.3, 0.4) is 0 Å². The highest BCUT2D eigenvalue weighted by Crippen LogP contribution is 2.48. The summed E-state index contributed by atoms with van der Waals surface area (Å²) >= 11 is 0. The van der Waals surface area contributed by atoms with Crippen LogP contribution in [0.1, 0.15) is 52.7 Å². The number of ether oxygens (including phenoxy) is 4. The van der Waals surface area contributed by atoms with Crippen molar-refractivity contribution in [3.63, 3.8) is 0 Å². The van der Waals surface area contributed by atoms with E-state index in [-0.39, 0.29) is 24.3 Å². The van der Waals surface area contributed by atoms with Crippen LogP contribution < -0.4 is 51.7 Å². The van der Waals surface area contributed by atoms with Gasteiger partial charge in [0, 0.05) is 38.5 Å². The molecule has 0 bridgehead atoms. The van der Waals surface area contributed by atoms with Crippen molar-refractivity contribution >= 4 is 68.0 Å². The Bertz CT molecular complexity index is 4190. The first-order chi connectivity index (χ1) is 39.4. The minimum absolute atomic E-state index is 0.0275. The number of hydrogen-bond acceptors (Lipinski definition) is 4. The van der Waals surface area contributed by atoms with Gasteiger partial charge in [0.15, 0.2) is 0 Å². The zero-order valence-corrected chi connectivity index (χ0v) is 46.1. The Labute approximate surface area is 473 Å². The van der Waals surface area contributed by atoms with E-state index in [0.717, 1.165) is 118 Å². The van der Waals surface area contributed by atoms with Crippen LogP contribution >= 0.6 is 0 Å². The van der Waals surface area contributed by atoms with E-state index in [2.05, 4.69) is 271 Å². The van der Waals surface area contributed by atoms with Crippen LogP contribution in [0.5, 0.6) is 46.0 Å². The minimum Gasteiger partial charge on any atom is -0.458 e. The lowest BCUT2D eigenvalue weighted by Crippen LogP contribution is -2.57. The van der Waals surface area contributed by atoms with Crippen molar-refractivity contribution in [3.05, 3.63) is 236 Å². The molecule has 5 heterocycles. The molecule has 0 saturated carbocycles. The molecule has 12 aromatic rings. The van der Waals surface area contributed by atoms with Gasteiger partial charge < -0.3 is 23.5 Å². The van der Waals surface area contributed by atoms with E-state index in [1.165, 1.54) is 44.1 Å². The lowest BCUT2D eigenvalue weighted by molar-refractivity contribution is 0.464. The highest BCUT2D eigenvalue weighted by molar-refractivity contribution is 6.99. The van der Waals surface area contributed by atoms with E-state index in [1.54, 1.807) is 0 Å². The van der Waals surface area contributed by atoms with E-state index in [0.29, 0.717) is 0 Å². The van der Waals surface area contributed by atoms with E-state index < -0.39 is 0 Å². The van der Waals surface area contributed by atoms with Crippen molar-refractivity contribution in [2.45, 2.75) is 52.4 Å². The van der Waals surface area contributed by atoms with Crippen molar-refractivity contribution in [2.24, 2.45) is 0 Å². The quantitative estimate of drug-likeness (QED) is 0.161. The van der Waals surface area contributed by atoms with Crippen LogP contribution in [-0.2, 0) is 10.8 Å². The van der Waals surface area contributed by atoms with Crippen LogP contribution in [0.15, 0.2) is 224 Å². The summed E-state index contributed by atoms with van der Waals surface area (Å²) in [4.78, 5) is 0. The summed E-state index contributed by atoms with van der Waals surface area (Å²) in [5.74, 6) is 6.87. The fourth-order valence-electron chi connectivity index (χ4n) is 13.2. The third-order valence-corrected chi connectivity index (χ3v) is 17.3. The predicted molar refractivity (Wildman–Crippen MR) is 335 cm³/mol. The third-order valence-electron chi connectivity index (χ3n) is 17.3. The van der Waals surface area contributed by atoms with Crippen LogP contribution in [0.4, 0.5) is 0 Å². The molecule has 386 valence electrons. The van der Waals surface area contributed by atoms with Crippen molar-refractivity contribution in [1.82, 2.24) is 4.57 Å². The summed E-state index contributed by atoms with van der Waals surface area (Å²) in [6.45, 7) is 14.0. The first-order valence-corrected chi connectivity index (χ1v) is 28.3. The summed E-state index contributed by atoms with van der Waals surface area (Å²) < 4.78 is 29.4. The van der Waals surface area contributed by atoms with Crippen LogP contribution in [0.2, 0.25) is 0 Å². The van der Waals surface area contributed by atoms with Gasteiger partial charge in [-0.25, -0.2) is 0 Å². The van der Waals surface area contributed by atoms with Crippen LogP contribution in [0.25, 0.3) is 72.0 Å². The summed E-state index contributed by atoms with van der Waals surface area (Å²) in [6, 6.07) is 81.3. The highest BCUT2D eigenvalue weighted by atomic mass is 16.5. The van der Waals surface area contributed by atoms with E-state index in [4.69, 9.17) is 18.9 Å². The lowest BCUT2D eigenvalue weighted by Gasteiger charge is -2.33. The summed E-state index contributed by atoms with van der Waals surface area (Å²) in [5, 5.41) is 2.46. The molecule has 81 heavy (non-hydrogen) atoms. The number of rotatable bonds is 5. The zero-order chi connectivity index (χ0) is 54.5. The number of hydrogen-bond donors (Lipinski definition) is 0. The third kappa shape index (κ3) is 7.48. The Morgan fingerprint density at radius 2 is 0.605 bits per heavy atom. The first-order valence-electron chi connectivity index (χ1n) is 28.3. The molecule has 0 radical (unpaired) electrons. The molecule has 0 atom stereocenters. The molecular formula is C74H55B2NO4. The number of fused-ring (bicyclic) bond motifs is 11. The molecule has 4 aliphatic heterocycles. The summed E-state index contributed by atoms with van der Waals surface area (Å²) in [7, 11) is 0. The predicted octanol–water partition coefficient (Wildman–Crippen LogP) is 15.5. The van der Waals surface area contributed by atoms with Crippen molar-refractivity contribution in [2.75, 3.05) is 0 Å². The lowest BCUT2D eigenvalue weighted by atomic mass is 9.35. The zero-order valence-electron chi connectivity index (χ0n) is 46.1. The monoisotopic (exact) mass is 1040 g/mol. The smallest absolute Gasteiger partial charge is 0.260 e. The molecule has 5 nitrogen and oxygen atoms in total. The van der Waals surface area contributed by atoms with Gasteiger partial charge in [0.25, 0.3) is 13.4 Å². The average molecular weight is 1040 g/mol. The second kappa shape index (κ2) is 17.5. The molecule has 0 aliphatic carbocycles. The van der Waals surface area contributed by atoms with Gasteiger partial charge in [0.05, 0.1) is 11.0 Å². The fraction of sp³-hybridized carbons (Fsp3) is 0.108. The van der Waals surface area contributed by atoms with E-state index in [9.17, 15) is 0 Å². The minimum atomic E-state index is -0.136. The first kappa shape index (κ1) is 47.5. The van der Waals surface area contributed by atoms with Gasteiger partial charge in [-0.2, -0.15) is 0 Å². The number of nitrogens with zero attached hydrogens (tertiary/aromatic N) is 1. The van der Waals surface area contributed by atoms with Gasteiger partial charge in [-0.15, -0.1) is 0 Å². The van der Waals surface area contributed by atoms with E-state index >= 15 is 0 Å². The van der Waals surface area contributed by atoms with Gasteiger partial charge >= 0.3 is 0 Å². The molecule has 16 rings (SSSR count). The van der Waals surface area contributed by atoms with Crippen molar-refractivity contribution < 1.29 is 18.9 Å². The Morgan fingerprint density at radius 1 is 0.296 bits per heavy atom. The second-order valence-corrected chi connectivity index (χ2v) is 24.4. The maximum Gasteiger partial charge on any atom is 0.260 e. The molecule has 0 amide bonds. The Kier molecular flexibility index (Phi) is 10.3. The molecule has 0 spiro atoms. The fourth-order valence-corrected chi connectivity index (χ4v) is 13.2. The molecule has 0 unspecified atom stereocenters. The topological polar surface area (TPSA) is 41.9 Å². The van der Waals surface area contributed by atoms with Gasteiger partial charge in [-0.05, 0) is 162 Å². The van der Waals surface area contributed by atoms with Gasteiger partial charge in [0.2, 0.25) is 0 Å². The molecule has 4 aliphatic rings. The molecule has 11 aromatic carbocycles. The second-order valence-electron chi connectivity index (χ2n) is 24.4. The SMILES string of the molecule is CC(C)(C)c1cc(-c2ccc(-c3cc4c5c(c3)Oc3ccccc3B5c3ccccc3O4)cc2)c2c(c1)c1cc(C(C)(C)C)cc(-c3ccc(-c4cc5c6c(c4)Oc4ccccc4B6c4ccccc4O5)cc3)c1n2-c1ccccc1. The van der Waals surface area contributed by atoms with Gasteiger partial charge in [0.1, 0.15) is 46.0 Å². The Balaban J connectivity index is 0.851. The van der Waals surface area contributed by atoms with Crippen LogP contribution in [-0.4, -0.2) is 18.0 Å². The molecule has 1 aromatic heterocycles. The average Bonchev–Trinajstić information content (AvgIpc) is 4.09. The Morgan fingerprint density at radius 3 is 0.938 bits per heavy atom. The molecule has 0 saturated heterocycles. The molecule has 0 N–H and O–H groups in total. The highest BCUT2D eigenvalue weighted by Gasteiger charge is 2.42. The normalized spacial score (nSPS) is 13.4.